The lowest BCUT2D eigenvalue weighted by atomic mass is 10.1. The van der Waals surface area contributed by atoms with Crippen molar-refractivity contribution in [1.82, 2.24) is 19.3 Å². The highest BCUT2D eigenvalue weighted by Gasteiger charge is 2.21. The Kier molecular flexibility index (Phi) is 6.33. The predicted molar refractivity (Wildman–Crippen MR) is 116 cm³/mol. The molecule has 4 rings (SSSR count). The second-order valence-corrected chi connectivity index (χ2v) is 8.30. The molecule has 2 aliphatic heterocycles. The van der Waals surface area contributed by atoms with Crippen molar-refractivity contribution in [3.05, 3.63) is 48.2 Å². The lowest BCUT2D eigenvalue weighted by Crippen LogP contribution is -2.46. The summed E-state index contributed by atoms with van der Waals surface area (Å²) in [5.74, 6) is 0.175. The van der Waals surface area contributed by atoms with Gasteiger partial charge in [0.1, 0.15) is 6.54 Å². The number of hydrogen-bond donors (Lipinski definition) is 0. The Balaban J connectivity index is 1.45. The van der Waals surface area contributed by atoms with Crippen LogP contribution in [0.15, 0.2) is 42.6 Å². The normalized spacial score (nSPS) is 19.0. The fourth-order valence-corrected chi connectivity index (χ4v) is 4.37. The van der Waals surface area contributed by atoms with Crippen LogP contribution in [-0.4, -0.2) is 84.2 Å². The number of carbonyl (C=O) groups is 1. The number of piperazine rings is 1. The molecule has 6 nitrogen and oxygen atoms in total. The first kappa shape index (κ1) is 20.1. The molecule has 2 fully saturated rings. The Bertz CT molecular complexity index is 861. The summed E-state index contributed by atoms with van der Waals surface area (Å²) < 4.78 is 7.50. The van der Waals surface area contributed by atoms with Gasteiger partial charge in [-0.3, -0.25) is 14.6 Å². The van der Waals surface area contributed by atoms with Crippen molar-refractivity contribution < 1.29 is 9.53 Å². The van der Waals surface area contributed by atoms with Gasteiger partial charge in [0, 0.05) is 69.5 Å². The van der Waals surface area contributed by atoms with E-state index < -0.39 is 0 Å². The number of hydrogen-bond acceptors (Lipinski definition) is 4. The van der Waals surface area contributed by atoms with Crippen molar-refractivity contribution in [2.45, 2.75) is 20.0 Å². The molecule has 1 amide bonds. The molecule has 1 aromatic heterocycles. The molecule has 2 aromatic rings. The van der Waals surface area contributed by atoms with E-state index in [0.717, 1.165) is 44.8 Å². The highest BCUT2D eigenvalue weighted by atomic mass is 16.5. The van der Waals surface area contributed by atoms with E-state index in [9.17, 15) is 4.79 Å². The van der Waals surface area contributed by atoms with Crippen LogP contribution in [0.2, 0.25) is 0 Å². The van der Waals surface area contributed by atoms with Gasteiger partial charge in [0.25, 0.3) is 0 Å². The molecule has 156 valence electrons. The molecule has 1 aromatic carbocycles. The summed E-state index contributed by atoms with van der Waals surface area (Å²) in [6.07, 6.45) is 2.18. The van der Waals surface area contributed by atoms with Gasteiger partial charge in [-0.1, -0.05) is 30.4 Å². The predicted octanol–water partition coefficient (Wildman–Crippen LogP) is 2.19. The minimum absolute atomic E-state index is 0.175. The molecule has 2 saturated heterocycles. The fraction of sp³-hybridized carbons (Fsp3) is 0.522. The number of rotatable bonds is 6. The number of aromatic nitrogens is 1. The van der Waals surface area contributed by atoms with E-state index in [-0.39, 0.29) is 5.91 Å². The maximum Gasteiger partial charge on any atom is 0.242 e. The number of ether oxygens (including phenoxy) is 1. The molecule has 0 N–H and O–H groups in total. The Labute approximate surface area is 173 Å². The van der Waals surface area contributed by atoms with Crippen LogP contribution in [0.3, 0.4) is 0 Å². The number of morpholine rings is 1. The van der Waals surface area contributed by atoms with E-state index in [0.29, 0.717) is 32.8 Å². The molecule has 0 bridgehead atoms. The van der Waals surface area contributed by atoms with E-state index in [2.05, 4.69) is 58.3 Å². The van der Waals surface area contributed by atoms with E-state index >= 15 is 0 Å². The van der Waals surface area contributed by atoms with Crippen LogP contribution in [0.4, 0.5) is 0 Å². The molecular weight excluding hydrogens is 364 g/mol. The van der Waals surface area contributed by atoms with Gasteiger partial charge in [-0.2, -0.15) is 0 Å². The zero-order chi connectivity index (χ0) is 20.2. The quantitative estimate of drug-likeness (QED) is 0.702. The smallest absolute Gasteiger partial charge is 0.242 e. The third-order valence-electron chi connectivity index (χ3n) is 5.89. The summed E-state index contributed by atoms with van der Waals surface area (Å²) in [7, 11) is 0. The molecular formula is C23H32N4O2. The van der Waals surface area contributed by atoms with E-state index in [1.54, 1.807) is 0 Å². The first-order chi connectivity index (χ1) is 14.1. The molecule has 29 heavy (non-hydrogen) atoms. The van der Waals surface area contributed by atoms with E-state index in [1.165, 1.54) is 16.5 Å². The minimum Gasteiger partial charge on any atom is -0.378 e. The van der Waals surface area contributed by atoms with Gasteiger partial charge < -0.3 is 14.2 Å². The van der Waals surface area contributed by atoms with Gasteiger partial charge in [0.2, 0.25) is 5.91 Å². The number of para-hydroxylation sites is 1. The van der Waals surface area contributed by atoms with Gasteiger partial charge in [0.05, 0.1) is 13.2 Å². The van der Waals surface area contributed by atoms with Crippen LogP contribution < -0.4 is 0 Å². The average molecular weight is 397 g/mol. The van der Waals surface area contributed by atoms with Crippen LogP contribution in [0.5, 0.6) is 0 Å². The zero-order valence-electron chi connectivity index (χ0n) is 17.5. The first-order valence-electron chi connectivity index (χ1n) is 10.6. The molecule has 0 radical (unpaired) electrons. The molecule has 6 heteroatoms. The average Bonchev–Trinajstić information content (AvgIpc) is 3.07. The van der Waals surface area contributed by atoms with Gasteiger partial charge in [0.15, 0.2) is 0 Å². The summed E-state index contributed by atoms with van der Waals surface area (Å²) in [5, 5.41) is 1.26. The second kappa shape index (κ2) is 9.11. The van der Waals surface area contributed by atoms with Gasteiger partial charge >= 0.3 is 0 Å². The van der Waals surface area contributed by atoms with Crippen molar-refractivity contribution in [2.75, 3.05) is 59.0 Å². The van der Waals surface area contributed by atoms with Crippen LogP contribution in [0.25, 0.3) is 10.9 Å². The third kappa shape index (κ3) is 4.89. The summed E-state index contributed by atoms with van der Waals surface area (Å²) in [4.78, 5) is 19.7. The SMILES string of the molecule is C=C(C)CN1CCN(Cc2cn(CC(=O)N3CCOCC3)c3ccccc23)CC1. The summed E-state index contributed by atoms with van der Waals surface area (Å²) in [6, 6.07) is 8.44. The first-order valence-corrected chi connectivity index (χ1v) is 10.6. The Hall–Kier alpha value is -2.15. The van der Waals surface area contributed by atoms with Crippen LogP contribution in [0, 0.1) is 0 Å². The molecule has 0 atom stereocenters. The highest BCUT2D eigenvalue weighted by Crippen LogP contribution is 2.23. The Morgan fingerprint density at radius 2 is 1.69 bits per heavy atom. The zero-order valence-corrected chi connectivity index (χ0v) is 17.5. The fourth-order valence-electron chi connectivity index (χ4n) is 4.37. The maximum absolute atomic E-state index is 12.8. The monoisotopic (exact) mass is 396 g/mol. The molecule has 0 saturated carbocycles. The standard InChI is InChI=1S/C23H32N4O2/c1-19(2)15-24-7-9-25(10-8-24)16-20-17-27(22-6-4-3-5-21(20)22)18-23(28)26-11-13-29-14-12-26/h3-6,17H,1,7-16,18H2,2H3. The lowest BCUT2D eigenvalue weighted by molar-refractivity contribution is -0.135. The van der Waals surface area contributed by atoms with Crippen LogP contribution >= 0.6 is 0 Å². The van der Waals surface area contributed by atoms with Crippen LogP contribution in [-0.2, 0) is 22.6 Å². The summed E-state index contributed by atoms with van der Waals surface area (Å²) >= 11 is 0. The van der Waals surface area contributed by atoms with Gasteiger partial charge in [-0.05, 0) is 18.6 Å². The van der Waals surface area contributed by atoms with Crippen molar-refractivity contribution in [3.63, 3.8) is 0 Å². The highest BCUT2D eigenvalue weighted by molar-refractivity contribution is 5.86. The number of amides is 1. The number of benzene rings is 1. The molecule has 0 aliphatic carbocycles. The Morgan fingerprint density at radius 3 is 2.41 bits per heavy atom. The largest absolute Gasteiger partial charge is 0.378 e. The number of nitrogens with zero attached hydrogens (tertiary/aromatic N) is 4. The summed E-state index contributed by atoms with van der Waals surface area (Å²) in [5.41, 5.74) is 3.68. The second-order valence-electron chi connectivity index (χ2n) is 8.30. The number of fused-ring (bicyclic) bond motifs is 1. The van der Waals surface area contributed by atoms with Gasteiger partial charge in [-0.15, -0.1) is 0 Å². The summed E-state index contributed by atoms with van der Waals surface area (Å²) in [6.45, 7) is 15.4. The lowest BCUT2D eigenvalue weighted by Gasteiger charge is -2.34. The minimum atomic E-state index is 0.175. The Morgan fingerprint density at radius 1 is 1.00 bits per heavy atom. The van der Waals surface area contributed by atoms with E-state index in [1.807, 2.05) is 4.90 Å². The van der Waals surface area contributed by atoms with Crippen molar-refractivity contribution in [2.24, 2.45) is 0 Å². The van der Waals surface area contributed by atoms with Gasteiger partial charge in [-0.25, -0.2) is 0 Å². The third-order valence-corrected chi connectivity index (χ3v) is 5.89. The van der Waals surface area contributed by atoms with Crippen molar-refractivity contribution in [1.29, 1.82) is 0 Å². The molecule has 0 spiro atoms. The van der Waals surface area contributed by atoms with E-state index in [4.69, 9.17) is 4.74 Å². The van der Waals surface area contributed by atoms with Crippen LogP contribution in [0.1, 0.15) is 12.5 Å². The van der Waals surface area contributed by atoms with Crippen molar-refractivity contribution >= 4 is 16.8 Å². The molecule has 0 unspecified atom stereocenters. The topological polar surface area (TPSA) is 41.0 Å². The molecule has 3 heterocycles. The number of carbonyl (C=O) groups excluding carboxylic acids is 1. The molecule has 2 aliphatic rings. The van der Waals surface area contributed by atoms with Crippen molar-refractivity contribution in [3.8, 4) is 0 Å². The maximum atomic E-state index is 12.8.